The summed E-state index contributed by atoms with van der Waals surface area (Å²) in [5.41, 5.74) is 0.485. The van der Waals surface area contributed by atoms with Crippen LogP contribution in [0.15, 0.2) is 17.2 Å². The Hall–Kier alpha value is -0.890. The smallest absolute Gasteiger partial charge is 0.242 e. The van der Waals surface area contributed by atoms with Gasteiger partial charge in [-0.05, 0) is 31.7 Å². The van der Waals surface area contributed by atoms with Crippen molar-refractivity contribution in [2.75, 3.05) is 13.2 Å². The lowest BCUT2D eigenvalue weighted by Gasteiger charge is -2.28. The first-order chi connectivity index (χ1) is 9.03. The van der Waals surface area contributed by atoms with E-state index in [0.29, 0.717) is 24.8 Å². The Kier molecular flexibility index (Phi) is 4.62. The van der Waals surface area contributed by atoms with Gasteiger partial charge < -0.3 is 14.8 Å². The van der Waals surface area contributed by atoms with E-state index >= 15 is 0 Å². The Morgan fingerprint density at radius 3 is 2.79 bits per heavy atom. The first kappa shape index (κ1) is 14.5. The van der Waals surface area contributed by atoms with Crippen LogP contribution in [0.3, 0.4) is 0 Å². The van der Waals surface area contributed by atoms with Crippen LogP contribution in [0.4, 0.5) is 0 Å². The topological polar surface area (TPSA) is 91.4 Å². The molecular weight excluding hydrogens is 268 g/mol. The third-order valence-corrected chi connectivity index (χ3v) is 5.05. The highest BCUT2D eigenvalue weighted by Crippen LogP contribution is 2.20. The molecule has 3 N–H and O–H groups in total. The normalized spacial score (nSPS) is 19.5. The summed E-state index contributed by atoms with van der Waals surface area (Å²) >= 11 is 0. The van der Waals surface area contributed by atoms with Gasteiger partial charge in [-0.15, -0.1) is 0 Å². The van der Waals surface area contributed by atoms with E-state index in [1.165, 1.54) is 12.3 Å². The molecule has 0 aromatic carbocycles. The van der Waals surface area contributed by atoms with Crippen LogP contribution >= 0.6 is 0 Å². The predicted octanol–water partition coefficient (Wildman–Crippen LogP) is 0.600. The molecule has 0 radical (unpaired) electrons. The van der Waals surface area contributed by atoms with E-state index in [1.54, 1.807) is 0 Å². The zero-order chi connectivity index (χ0) is 13.9. The summed E-state index contributed by atoms with van der Waals surface area (Å²) < 4.78 is 32.3. The lowest BCUT2D eigenvalue weighted by atomic mass is 9.94. The highest BCUT2D eigenvalue weighted by molar-refractivity contribution is 7.89. The number of ether oxygens (including phenoxy) is 1. The van der Waals surface area contributed by atoms with E-state index in [-0.39, 0.29) is 17.5 Å². The number of sulfonamides is 1. The zero-order valence-corrected chi connectivity index (χ0v) is 11.7. The number of hydrogen-bond donors (Lipinski definition) is 3. The second kappa shape index (κ2) is 6.04. The predicted molar refractivity (Wildman–Crippen MR) is 70.0 cm³/mol. The van der Waals surface area contributed by atoms with Crippen LogP contribution in [-0.4, -0.2) is 37.8 Å². The molecular formula is C12H20N2O4S. The molecule has 2 rings (SSSR count). The number of aromatic amines is 1. The third-order valence-electron chi connectivity index (χ3n) is 3.51. The summed E-state index contributed by atoms with van der Waals surface area (Å²) in [4.78, 5) is 2.89. The number of aromatic nitrogens is 1. The maximum absolute atomic E-state index is 12.2. The van der Waals surface area contributed by atoms with Crippen molar-refractivity contribution in [3.8, 4) is 0 Å². The number of nitrogens with one attached hydrogen (secondary N) is 2. The van der Waals surface area contributed by atoms with Crippen LogP contribution < -0.4 is 4.72 Å². The molecule has 1 saturated heterocycles. The molecule has 1 aromatic heterocycles. The standard InChI is InChI=1S/C12H20N2O4S/c1-9(10-2-4-18-5-3-10)14-19(16,17)12-6-11(8-15)13-7-12/h6-7,9-10,13-15H,2-5,8H2,1H3. The highest BCUT2D eigenvalue weighted by Gasteiger charge is 2.25. The average Bonchev–Trinajstić information content (AvgIpc) is 2.89. The van der Waals surface area contributed by atoms with E-state index in [0.717, 1.165) is 12.8 Å². The molecule has 7 heteroatoms. The molecule has 1 aliphatic heterocycles. The van der Waals surface area contributed by atoms with Crippen molar-refractivity contribution >= 4 is 10.0 Å². The van der Waals surface area contributed by atoms with Gasteiger partial charge in [-0.2, -0.15) is 0 Å². The van der Waals surface area contributed by atoms with Crippen molar-refractivity contribution in [2.24, 2.45) is 5.92 Å². The average molecular weight is 288 g/mol. The van der Waals surface area contributed by atoms with Gasteiger partial charge in [0.1, 0.15) is 0 Å². The van der Waals surface area contributed by atoms with E-state index in [9.17, 15) is 8.42 Å². The quantitative estimate of drug-likeness (QED) is 0.740. The molecule has 6 nitrogen and oxygen atoms in total. The number of rotatable bonds is 5. The molecule has 1 fully saturated rings. The second-order valence-corrected chi connectivity index (χ2v) is 6.59. The Morgan fingerprint density at radius 2 is 2.21 bits per heavy atom. The first-order valence-corrected chi connectivity index (χ1v) is 7.89. The minimum absolute atomic E-state index is 0.124. The van der Waals surface area contributed by atoms with Gasteiger partial charge in [0.15, 0.2) is 0 Å². The molecule has 0 spiro atoms. The van der Waals surface area contributed by atoms with Gasteiger partial charge in [-0.1, -0.05) is 0 Å². The summed E-state index contributed by atoms with van der Waals surface area (Å²) in [5.74, 6) is 0.305. The van der Waals surface area contributed by atoms with Gasteiger partial charge in [0.2, 0.25) is 10.0 Å². The van der Waals surface area contributed by atoms with Crippen LogP contribution in [0, 0.1) is 5.92 Å². The molecule has 2 heterocycles. The van der Waals surface area contributed by atoms with Gasteiger partial charge in [0.05, 0.1) is 11.5 Å². The Labute approximate surface area is 113 Å². The number of hydrogen-bond acceptors (Lipinski definition) is 4. The third kappa shape index (κ3) is 3.56. The SMILES string of the molecule is CC(NS(=O)(=O)c1c[nH]c(CO)c1)C1CCOCC1. The van der Waals surface area contributed by atoms with Gasteiger partial charge in [-0.3, -0.25) is 0 Å². The van der Waals surface area contributed by atoms with Crippen molar-refractivity contribution < 1.29 is 18.3 Å². The van der Waals surface area contributed by atoms with Crippen LogP contribution in [-0.2, 0) is 21.4 Å². The summed E-state index contributed by atoms with van der Waals surface area (Å²) in [6.07, 6.45) is 3.14. The molecule has 1 atom stereocenters. The number of H-pyrrole nitrogens is 1. The van der Waals surface area contributed by atoms with Crippen molar-refractivity contribution in [1.82, 2.24) is 9.71 Å². The molecule has 1 aromatic rings. The molecule has 0 saturated carbocycles. The maximum atomic E-state index is 12.2. The van der Waals surface area contributed by atoms with Crippen molar-refractivity contribution in [2.45, 2.75) is 37.3 Å². The zero-order valence-electron chi connectivity index (χ0n) is 10.9. The molecule has 1 unspecified atom stereocenters. The van der Waals surface area contributed by atoms with Crippen LogP contribution in [0.2, 0.25) is 0 Å². The minimum atomic E-state index is -3.53. The van der Waals surface area contributed by atoms with Gasteiger partial charge in [-0.25, -0.2) is 13.1 Å². The van der Waals surface area contributed by atoms with E-state index in [2.05, 4.69) is 9.71 Å². The summed E-state index contributed by atoms with van der Waals surface area (Å²) in [7, 11) is -3.53. The van der Waals surface area contributed by atoms with Crippen molar-refractivity contribution in [3.05, 3.63) is 18.0 Å². The van der Waals surface area contributed by atoms with E-state index in [1.807, 2.05) is 6.92 Å². The number of aliphatic hydroxyl groups is 1. The molecule has 0 bridgehead atoms. The maximum Gasteiger partial charge on any atom is 0.242 e. The van der Waals surface area contributed by atoms with Crippen LogP contribution in [0.25, 0.3) is 0 Å². The highest BCUT2D eigenvalue weighted by atomic mass is 32.2. The van der Waals surface area contributed by atoms with Crippen molar-refractivity contribution in [1.29, 1.82) is 0 Å². The van der Waals surface area contributed by atoms with Crippen molar-refractivity contribution in [3.63, 3.8) is 0 Å². The monoisotopic (exact) mass is 288 g/mol. The van der Waals surface area contributed by atoms with Crippen LogP contribution in [0.5, 0.6) is 0 Å². The fourth-order valence-electron chi connectivity index (χ4n) is 2.29. The minimum Gasteiger partial charge on any atom is -0.390 e. The fourth-order valence-corrected chi connectivity index (χ4v) is 3.62. The molecule has 1 aliphatic rings. The number of aliphatic hydroxyl groups excluding tert-OH is 1. The van der Waals surface area contributed by atoms with Crippen LogP contribution in [0.1, 0.15) is 25.5 Å². The molecule has 108 valence electrons. The largest absolute Gasteiger partial charge is 0.390 e. The summed E-state index contributed by atoms with van der Waals surface area (Å²) in [6.45, 7) is 3.06. The first-order valence-electron chi connectivity index (χ1n) is 6.41. The van der Waals surface area contributed by atoms with E-state index < -0.39 is 10.0 Å². The van der Waals surface area contributed by atoms with Gasteiger partial charge in [0.25, 0.3) is 0 Å². The molecule has 0 aliphatic carbocycles. The lowest BCUT2D eigenvalue weighted by Crippen LogP contribution is -2.40. The Balaban J connectivity index is 2.03. The van der Waals surface area contributed by atoms with Gasteiger partial charge >= 0.3 is 0 Å². The molecule has 0 amide bonds. The second-order valence-electron chi connectivity index (χ2n) is 4.88. The summed E-state index contributed by atoms with van der Waals surface area (Å²) in [6, 6.07) is 1.32. The van der Waals surface area contributed by atoms with E-state index in [4.69, 9.17) is 9.84 Å². The summed E-state index contributed by atoms with van der Waals surface area (Å²) in [5, 5.41) is 8.94. The Morgan fingerprint density at radius 1 is 1.53 bits per heavy atom. The van der Waals surface area contributed by atoms with Gasteiger partial charge in [0, 0.05) is 31.1 Å². The Bertz CT molecular complexity index is 506. The molecule has 19 heavy (non-hydrogen) atoms. The lowest BCUT2D eigenvalue weighted by molar-refractivity contribution is 0.0585. The fraction of sp³-hybridized carbons (Fsp3) is 0.667.